The van der Waals surface area contributed by atoms with E-state index in [1.54, 1.807) is 14.2 Å². The highest BCUT2D eigenvalue weighted by Gasteiger charge is 2.11. The lowest BCUT2D eigenvalue weighted by Gasteiger charge is -2.21. The molecule has 0 saturated carbocycles. The van der Waals surface area contributed by atoms with Gasteiger partial charge in [0.1, 0.15) is 0 Å². The third-order valence-electron chi connectivity index (χ3n) is 3.82. The Labute approximate surface area is 145 Å². The number of halogens is 1. The highest BCUT2D eigenvalue weighted by molar-refractivity contribution is 5.85. The highest BCUT2D eigenvalue weighted by Crippen LogP contribution is 2.28. The first-order chi connectivity index (χ1) is 10.6. The van der Waals surface area contributed by atoms with Crippen LogP contribution in [0, 0.1) is 0 Å². The molecule has 0 heterocycles. The summed E-state index contributed by atoms with van der Waals surface area (Å²) < 4.78 is 10.6. The number of hydrogen-bond donors (Lipinski definition) is 1. The van der Waals surface area contributed by atoms with Gasteiger partial charge in [0.05, 0.1) is 14.2 Å². The SMILES string of the molecule is COc1ccc(C[C@@H](C)NC(C)c2ccccc2)cc1OC.Cl. The average Bonchev–Trinajstić information content (AvgIpc) is 2.55. The number of nitrogens with one attached hydrogen (secondary N) is 1. The second-order valence-corrected chi connectivity index (χ2v) is 5.59. The van der Waals surface area contributed by atoms with E-state index < -0.39 is 0 Å². The van der Waals surface area contributed by atoms with Gasteiger partial charge in [-0.25, -0.2) is 0 Å². The maximum Gasteiger partial charge on any atom is 0.160 e. The van der Waals surface area contributed by atoms with Gasteiger partial charge >= 0.3 is 0 Å². The van der Waals surface area contributed by atoms with Crippen LogP contribution in [0.15, 0.2) is 48.5 Å². The smallest absolute Gasteiger partial charge is 0.160 e. The van der Waals surface area contributed by atoms with Crippen LogP contribution in [-0.4, -0.2) is 20.3 Å². The second-order valence-electron chi connectivity index (χ2n) is 5.59. The Balaban J connectivity index is 0.00000264. The zero-order valence-corrected chi connectivity index (χ0v) is 15.0. The van der Waals surface area contributed by atoms with Crippen LogP contribution in [0.4, 0.5) is 0 Å². The van der Waals surface area contributed by atoms with Crippen molar-refractivity contribution in [2.75, 3.05) is 14.2 Å². The van der Waals surface area contributed by atoms with Crippen molar-refractivity contribution in [1.29, 1.82) is 0 Å². The van der Waals surface area contributed by atoms with Crippen molar-refractivity contribution in [3.63, 3.8) is 0 Å². The van der Waals surface area contributed by atoms with Crippen molar-refractivity contribution in [3.8, 4) is 11.5 Å². The first-order valence-corrected chi connectivity index (χ1v) is 7.66. The summed E-state index contributed by atoms with van der Waals surface area (Å²) in [4.78, 5) is 0. The van der Waals surface area contributed by atoms with Crippen molar-refractivity contribution >= 4 is 12.4 Å². The molecule has 3 nitrogen and oxygen atoms in total. The van der Waals surface area contributed by atoms with Crippen LogP contribution in [0.3, 0.4) is 0 Å². The van der Waals surface area contributed by atoms with Gasteiger partial charge in [-0.3, -0.25) is 0 Å². The van der Waals surface area contributed by atoms with E-state index in [0.717, 1.165) is 17.9 Å². The molecule has 4 heteroatoms. The fraction of sp³-hybridized carbons (Fsp3) is 0.368. The van der Waals surface area contributed by atoms with Gasteiger partial charge in [-0.05, 0) is 43.5 Å². The molecule has 2 atom stereocenters. The lowest BCUT2D eigenvalue weighted by Crippen LogP contribution is -2.30. The van der Waals surface area contributed by atoms with Gasteiger partial charge < -0.3 is 14.8 Å². The van der Waals surface area contributed by atoms with E-state index in [0.29, 0.717) is 12.1 Å². The van der Waals surface area contributed by atoms with Crippen molar-refractivity contribution < 1.29 is 9.47 Å². The Bertz CT molecular complexity index is 589. The molecule has 1 N–H and O–H groups in total. The van der Waals surface area contributed by atoms with Crippen LogP contribution in [0.2, 0.25) is 0 Å². The maximum atomic E-state index is 5.36. The summed E-state index contributed by atoms with van der Waals surface area (Å²) >= 11 is 0. The lowest BCUT2D eigenvalue weighted by atomic mass is 10.0. The Morgan fingerprint density at radius 3 is 2.17 bits per heavy atom. The van der Waals surface area contributed by atoms with Crippen molar-refractivity contribution in [2.24, 2.45) is 0 Å². The molecule has 0 bridgehead atoms. The van der Waals surface area contributed by atoms with E-state index in [2.05, 4.69) is 49.5 Å². The molecule has 0 saturated heterocycles. The Kier molecular flexibility index (Phi) is 7.93. The Hall–Kier alpha value is -1.71. The largest absolute Gasteiger partial charge is 0.493 e. The summed E-state index contributed by atoms with van der Waals surface area (Å²) in [5, 5.41) is 3.64. The number of methoxy groups -OCH3 is 2. The second kappa shape index (κ2) is 9.43. The molecule has 0 aliphatic rings. The molecule has 23 heavy (non-hydrogen) atoms. The molecule has 1 unspecified atom stereocenters. The molecule has 0 aliphatic heterocycles. The molecule has 0 aromatic heterocycles. The van der Waals surface area contributed by atoms with Gasteiger partial charge in [-0.1, -0.05) is 36.4 Å². The van der Waals surface area contributed by atoms with Gasteiger partial charge in [0.2, 0.25) is 0 Å². The van der Waals surface area contributed by atoms with Gasteiger partial charge in [-0.2, -0.15) is 0 Å². The highest BCUT2D eigenvalue weighted by atomic mass is 35.5. The third kappa shape index (κ3) is 5.45. The predicted octanol–water partition coefficient (Wildman–Crippen LogP) is 4.41. The number of benzene rings is 2. The minimum Gasteiger partial charge on any atom is -0.493 e. The third-order valence-corrected chi connectivity index (χ3v) is 3.82. The summed E-state index contributed by atoms with van der Waals surface area (Å²) in [6.45, 7) is 4.40. The molecule has 126 valence electrons. The van der Waals surface area contributed by atoms with Gasteiger partial charge in [-0.15, -0.1) is 12.4 Å². The van der Waals surface area contributed by atoms with Crippen molar-refractivity contribution in [1.82, 2.24) is 5.32 Å². The molecule has 2 aromatic carbocycles. The van der Waals surface area contributed by atoms with Crippen LogP contribution in [0.25, 0.3) is 0 Å². The first-order valence-electron chi connectivity index (χ1n) is 7.66. The topological polar surface area (TPSA) is 30.5 Å². The summed E-state index contributed by atoms with van der Waals surface area (Å²) in [5.41, 5.74) is 2.54. The van der Waals surface area contributed by atoms with Gasteiger partial charge in [0.25, 0.3) is 0 Å². The molecule has 2 aromatic rings. The number of rotatable bonds is 7. The molecular weight excluding hydrogens is 310 g/mol. The predicted molar refractivity (Wildman–Crippen MR) is 98.0 cm³/mol. The Morgan fingerprint density at radius 2 is 1.57 bits per heavy atom. The van der Waals surface area contributed by atoms with E-state index in [1.165, 1.54) is 11.1 Å². The normalized spacial score (nSPS) is 12.9. The zero-order valence-electron chi connectivity index (χ0n) is 14.2. The van der Waals surface area contributed by atoms with E-state index >= 15 is 0 Å². The summed E-state index contributed by atoms with van der Waals surface area (Å²) in [6.07, 6.45) is 0.942. The van der Waals surface area contributed by atoms with Crippen LogP contribution in [0.5, 0.6) is 11.5 Å². The molecule has 0 fully saturated rings. The van der Waals surface area contributed by atoms with E-state index in [1.807, 2.05) is 18.2 Å². The van der Waals surface area contributed by atoms with Gasteiger partial charge in [0, 0.05) is 12.1 Å². The van der Waals surface area contributed by atoms with Crippen molar-refractivity contribution in [3.05, 3.63) is 59.7 Å². The molecule has 0 spiro atoms. The van der Waals surface area contributed by atoms with E-state index in [4.69, 9.17) is 9.47 Å². The van der Waals surface area contributed by atoms with Crippen molar-refractivity contribution in [2.45, 2.75) is 32.4 Å². The molecule has 2 rings (SSSR count). The quantitative estimate of drug-likeness (QED) is 0.813. The molecule has 0 radical (unpaired) electrons. The molecule has 0 amide bonds. The van der Waals surface area contributed by atoms with E-state index in [9.17, 15) is 0 Å². The fourth-order valence-electron chi connectivity index (χ4n) is 2.68. The first kappa shape index (κ1) is 19.3. The standard InChI is InChI=1S/C19H25NO2.ClH/c1-14(20-15(2)17-8-6-5-7-9-17)12-16-10-11-18(21-3)19(13-16)22-4;/h5-11,13-15,20H,12H2,1-4H3;1H/t14-,15?;/m1./s1. The minimum absolute atomic E-state index is 0. The van der Waals surface area contributed by atoms with Crippen LogP contribution in [-0.2, 0) is 6.42 Å². The number of hydrogen-bond acceptors (Lipinski definition) is 3. The average molecular weight is 336 g/mol. The van der Waals surface area contributed by atoms with Gasteiger partial charge in [0.15, 0.2) is 11.5 Å². The Morgan fingerprint density at radius 1 is 0.913 bits per heavy atom. The van der Waals surface area contributed by atoms with Crippen LogP contribution >= 0.6 is 12.4 Å². The van der Waals surface area contributed by atoms with Crippen LogP contribution < -0.4 is 14.8 Å². The molecule has 0 aliphatic carbocycles. The monoisotopic (exact) mass is 335 g/mol. The molecular formula is C19H26ClNO2. The minimum atomic E-state index is 0. The maximum absolute atomic E-state index is 5.36. The number of ether oxygens (including phenoxy) is 2. The fourth-order valence-corrected chi connectivity index (χ4v) is 2.68. The summed E-state index contributed by atoms with van der Waals surface area (Å²) in [7, 11) is 3.32. The summed E-state index contributed by atoms with van der Waals surface area (Å²) in [5.74, 6) is 1.55. The summed E-state index contributed by atoms with van der Waals surface area (Å²) in [6, 6.07) is 17.3. The lowest BCUT2D eigenvalue weighted by molar-refractivity contribution is 0.354. The van der Waals surface area contributed by atoms with E-state index in [-0.39, 0.29) is 12.4 Å². The van der Waals surface area contributed by atoms with Crippen LogP contribution in [0.1, 0.15) is 31.0 Å². The zero-order chi connectivity index (χ0) is 15.9.